The number of nitrogens with zero attached hydrogens (tertiary/aromatic N) is 2. The molecular weight excluding hydrogens is 180 g/mol. The van der Waals surface area contributed by atoms with Crippen molar-refractivity contribution in [2.45, 2.75) is 26.2 Å². The summed E-state index contributed by atoms with van der Waals surface area (Å²) in [5.41, 5.74) is 0.276. The molecule has 0 aromatic carbocycles. The van der Waals surface area contributed by atoms with Gasteiger partial charge < -0.3 is 0 Å². The lowest BCUT2D eigenvalue weighted by Gasteiger charge is -2.15. The highest BCUT2D eigenvalue weighted by Crippen LogP contribution is 2.18. The Bertz CT molecular complexity index is 517. The molecule has 0 aliphatic rings. The summed E-state index contributed by atoms with van der Waals surface area (Å²) in [6.07, 6.45) is 1.55. The van der Waals surface area contributed by atoms with Gasteiger partial charge in [0.25, 0.3) is 5.56 Å². The predicted octanol–water partition coefficient (Wildman–Crippen LogP) is 0.944. The molecule has 0 spiro atoms. The van der Waals surface area contributed by atoms with Gasteiger partial charge in [-0.15, -0.1) is 0 Å². The fourth-order valence-electron chi connectivity index (χ4n) is 1.19. The minimum atomic E-state index is -0.180. The highest BCUT2D eigenvalue weighted by atomic mass is 16.1. The van der Waals surface area contributed by atoms with Crippen LogP contribution in [0.1, 0.15) is 26.6 Å². The van der Waals surface area contributed by atoms with Crippen LogP contribution in [0.2, 0.25) is 0 Å². The Hall–Kier alpha value is -1.65. The van der Waals surface area contributed by atoms with Gasteiger partial charge in [-0.25, -0.2) is 9.97 Å². The van der Waals surface area contributed by atoms with E-state index in [2.05, 4.69) is 20.2 Å². The SMILES string of the molecule is CC(C)(C)c1ncc2c(=O)[nH][nH]c2n1. The highest BCUT2D eigenvalue weighted by molar-refractivity contribution is 5.72. The third-order valence-electron chi connectivity index (χ3n) is 2.00. The van der Waals surface area contributed by atoms with Gasteiger partial charge in [0.2, 0.25) is 0 Å². The van der Waals surface area contributed by atoms with E-state index in [1.54, 1.807) is 6.20 Å². The number of fused-ring (bicyclic) bond motifs is 1. The zero-order chi connectivity index (χ0) is 10.3. The molecule has 2 aromatic heterocycles. The van der Waals surface area contributed by atoms with Crippen molar-refractivity contribution in [3.05, 3.63) is 22.4 Å². The van der Waals surface area contributed by atoms with Gasteiger partial charge in [0.05, 0.1) is 0 Å². The van der Waals surface area contributed by atoms with E-state index in [0.717, 1.165) is 5.82 Å². The number of hydrogen-bond acceptors (Lipinski definition) is 3. The van der Waals surface area contributed by atoms with Gasteiger partial charge in [-0.3, -0.25) is 15.0 Å². The molecular formula is C9H12N4O. The maximum atomic E-state index is 11.2. The summed E-state index contributed by atoms with van der Waals surface area (Å²) in [6, 6.07) is 0. The van der Waals surface area contributed by atoms with Crippen LogP contribution in [-0.4, -0.2) is 20.2 Å². The predicted molar refractivity (Wildman–Crippen MR) is 53.2 cm³/mol. The summed E-state index contributed by atoms with van der Waals surface area (Å²) in [4.78, 5) is 19.6. The van der Waals surface area contributed by atoms with Crippen LogP contribution in [0.15, 0.2) is 11.0 Å². The van der Waals surface area contributed by atoms with Crippen LogP contribution in [0, 0.1) is 0 Å². The van der Waals surface area contributed by atoms with Crippen molar-refractivity contribution in [2.75, 3.05) is 0 Å². The molecule has 2 rings (SSSR count). The average Bonchev–Trinajstić information content (AvgIpc) is 2.46. The van der Waals surface area contributed by atoms with E-state index in [0.29, 0.717) is 11.0 Å². The van der Waals surface area contributed by atoms with Gasteiger partial charge in [0.15, 0.2) is 5.65 Å². The molecule has 14 heavy (non-hydrogen) atoms. The second-order valence-electron chi connectivity index (χ2n) is 4.29. The van der Waals surface area contributed by atoms with E-state index in [1.807, 2.05) is 20.8 Å². The van der Waals surface area contributed by atoms with Gasteiger partial charge in [0.1, 0.15) is 11.2 Å². The summed E-state index contributed by atoms with van der Waals surface area (Å²) in [7, 11) is 0. The van der Waals surface area contributed by atoms with E-state index in [9.17, 15) is 4.79 Å². The molecule has 0 bridgehead atoms. The monoisotopic (exact) mass is 192 g/mol. The van der Waals surface area contributed by atoms with Crippen LogP contribution >= 0.6 is 0 Å². The smallest absolute Gasteiger partial charge is 0.275 e. The van der Waals surface area contributed by atoms with Gasteiger partial charge in [0, 0.05) is 11.6 Å². The van der Waals surface area contributed by atoms with E-state index in [4.69, 9.17) is 0 Å². The lowest BCUT2D eigenvalue weighted by molar-refractivity contribution is 0.548. The zero-order valence-corrected chi connectivity index (χ0v) is 8.38. The molecule has 0 aliphatic carbocycles. The van der Waals surface area contributed by atoms with Gasteiger partial charge >= 0.3 is 0 Å². The third-order valence-corrected chi connectivity index (χ3v) is 2.00. The van der Waals surface area contributed by atoms with Gasteiger partial charge in [-0.05, 0) is 0 Å². The van der Waals surface area contributed by atoms with Crippen LogP contribution < -0.4 is 5.56 Å². The Labute approximate surface area is 80.6 Å². The number of aromatic amines is 2. The molecule has 2 N–H and O–H groups in total. The lowest BCUT2D eigenvalue weighted by atomic mass is 9.96. The first-order valence-electron chi connectivity index (χ1n) is 4.42. The minimum Gasteiger partial charge on any atom is -0.281 e. The molecule has 0 radical (unpaired) electrons. The van der Waals surface area contributed by atoms with Crippen LogP contribution in [0.5, 0.6) is 0 Å². The molecule has 0 saturated heterocycles. The standard InChI is InChI=1S/C9H12N4O/c1-9(2,3)8-10-4-5-6(11-8)12-13-7(5)14/h4H,1-3H3,(H2,10,11,12,13,14). The first kappa shape index (κ1) is 8.93. The molecule has 0 atom stereocenters. The van der Waals surface area contributed by atoms with Crippen molar-refractivity contribution < 1.29 is 0 Å². The number of H-pyrrole nitrogens is 2. The van der Waals surface area contributed by atoms with E-state index < -0.39 is 0 Å². The molecule has 5 nitrogen and oxygen atoms in total. The summed E-state index contributed by atoms with van der Waals surface area (Å²) >= 11 is 0. The molecule has 0 saturated carbocycles. The van der Waals surface area contributed by atoms with Crippen molar-refractivity contribution >= 4 is 11.0 Å². The number of nitrogens with one attached hydrogen (secondary N) is 2. The van der Waals surface area contributed by atoms with E-state index >= 15 is 0 Å². The molecule has 0 unspecified atom stereocenters. The number of hydrogen-bond donors (Lipinski definition) is 2. The molecule has 0 fully saturated rings. The Morgan fingerprint density at radius 2 is 2.00 bits per heavy atom. The molecule has 0 amide bonds. The normalized spacial score (nSPS) is 12.2. The van der Waals surface area contributed by atoms with Gasteiger partial charge in [-0.2, -0.15) is 0 Å². The molecule has 0 aliphatic heterocycles. The molecule has 2 heterocycles. The van der Waals surface area contributed by atoms with Crippen molar-refractivity contribution in [3.63, 3.8) is 0 Å². The third kappa shape index (κ3) is 1.30. The van der Waals surface area contributed by atoms with Crippen molar-refractivity contribution in [2.24, 2.45) is 0 Å². The Morgan fingerprint density at radius 1 is 1.29 bits per heavy atom. The molecule has 5 heteroatoms. The fraction of sp³-hybridized carbons (Fsp3) is 0.444. The second-order valence-corrected chi connectivity index (χ2v) is 4.29. The highest BCUT2D eigenvalue weighted by Gasteiger charge is 2.18. The second kappa shape index (κ2) is 2.67. The van der Waals surface area contributed by atoms with Crippen molar-refractivity contribution in [3.8, 4) is 0 Å². The van der Waals surface area contributed by atoms with Crippen LogP contribution in [0.4, 0.5) is 0 Å². The summed E-state index contributed by atoms with van der Waals surface area (Å²) in [6.45, 7) is 6.08. The van der Waals surface area contributed by atoms with Crippen molar-refractivity contribution in [1.29, 1.82) is 0 Å². The van der Waals surface area contributed by atoms with Crippen LogP contribution in [-0.2, 0) is 5.41 Å². The summed E-state index contributed by atoms with van der Waals surface area (Å²) in [5, 5.41) is 5.68. The quantitative estimate of drug-likeness (QED) is 0.652. The number of aromatic nitrogens is 4. The maximum Gasteiger partial charge on any atom is 0.275 e. The largest absolute Gasteiger partial charge is 0.281 e. The molecule has 74 valence electrons. The topological polar surface area (TPSA) is 74.4 Å². The van der Waals surface area contributed by atoms with E-state index in [-0.39, 0.29) is 11.0 Å². The van der Waals surface area contributed by atoms with Crippen LogP contribution in [0.25, 0.3) is 11.0 Å². The molecule has 2 aromatic rings. The first-order chi connectivity index (χ1) is 6.48. The van der Waals surface area contributed by atoms with Crippen LogP contribution in [0.3, 0.4) is 0 Å². The first-order valence-corrected chi connectivity index (χ1v) is 4.42. The fourth-order valence-corrected chi connectivity index (χ4v) is 1.19. The summed E-state index contributed by atoms with van der Waals surface area (Å²) < 4.78 is 0. The Kier molecular flexibility index (Phi) is 1.70. The maximum absolute atomic E-state index is 11.2. The Morgan fingerprint density at radius 3 is 2.64 bits per heavy atom. The number of rotatable bonds is 0. The minimum absolute atomic E-state index is 0.109. The van der Waals surface area contributed by atoms with E-state index in [1.165, 1.54) is 0 Å². The average molecular weight is 192 g/mol. The van der Waals surface area contributed by atoms with Gasteiger partial charge in [-0.1, -0.05) is 20.8 Å². The summed E-state index contributed by atoms with van der Waals surface area (Å²) in [5.74, 6) is 0.722. The Balaban J connectivity index is 2.69. The zero-order valence-electron chi connectivity index (χ0n) is 8.38. The lowest BCUT2D eigenvalue weighted by Crippen LogP contribution is -2.15. The van der Waals surface area contributed by atoms with Crippen molar-refractivity contribution in [1.82, 2.24) is 20.2 Å².